The molecule has 3 amide bonds. The molecule has 4 heterocycles. The van der Waals surface area contributed by atoms with E-state index in [-0.39, 0.29) is 57.0 Å². The quantitative estimate of drug-likeness (QED) is 0.378. The molecule has 1 aromatic rings. The normalized spacial score (nSPS) is 33.1. The van der Waals surface area contributed by atoms with Crippen LogP contribution in [0.15, 0.2) is 53.0 Å². The van der Waals surface area contributed by atoms with Crippen molar-refractivity contribution in [2.45, 2.75) is 62.9 Å². The molecule has 6 atom stereocenters. The number of ether oxygens (including phenoxy) is 2. The molecule has 5 bridgehead atoms. The van der Waals surface area contributed by atoms with E-state index < -0.39 is 47.5 Å². The fraction of sp³-hybridized carbons (Fsp3) is 0.533. The molecule has 2 fully saturated rings. The van der Waals surface area contributed by atoms with Crippen molar-refractivity contribution < 1.29 is 33.8 Å². The number of allylic oxidation sites excluding steroid dienone is 1. The summed E-state index contributed by atoms with van der Waals surface area (Å²) in [5.41, 5.74) is -0.586. The van der Waals surface area contributed by atoms with E-state index in [2.05, 4.69) is 21.2 Å². The molecule has 5 rings (SSSR count). The number of nitrogens with zero attached hydrogens (tertiary/aromatic N) is 2. The van der Waals surface area contributed by atoms with E-state index in [1.807, 2.05) is 56.3 Å². The molecule has 1 spiro atoms. The summed E-state index contributed by atoms with van der Waals surface area (Å²) in [5.74, 6) is -3.30. The van der Waals surface area contributed by atoms with Gasteiger partial charge < -0.3 is 29.7 Å². The van der Waals surface area contributed by atoms with Crippen molar-refractivity contribution in [3.8, 4) is 0 Å². The zero-order valence-electron chi connectivity index (χ0n) is 23.2. The van der Waals surface area contributed by atoms with Crippen LogP contribution in [0.1, 0.15) is 44.7 Å². The second kappa shape index (κ2) is 12.1. The van der Waals surface area contributed by atoms with E-state index in [1.54, 1.807) is 11.0 Å². The van der Waals surface area contributed by atoms with E-state index in [9.17, 15) is 24.3 Å². The Labute approximate surface area is 247 Å². The molecule has 10 nitrogen and oxygen atoms in total. The Kier molecular flexibility index (Phi) is 8.68. The first-order valence-corrected chi connectivity index (χ1v) is 14.9. The molecule has 4 aliphatic heterocycles. The minimum Gasteiger partial charge on any atom is -0.463 e. The van der Waals surface area contributed by atoms with Gasteiger partial charge in [-0.1, -0.05) is 58.4 Å². The number of carbonyl (C=O) groups excluding carboxylic acids is 4. The number of benzene rings is 1. The van der Waals surface area contributed by atoms with Gasteiger partial charge in [-0.25, -0.2) is 0 Å². The van der Waals surface area contributed by atoms with Gasteiger partial charge in [0.25, 0.3) is 0 Å². The highest BCUT2D eigenvalue weighted by Crippen LogP contribution is 2.58. The Morgan fingerprint density at radius 2 is 1.88 bits per heavy atom. The molecule has 1 aromatic carbocycles. The van der Waals surface area contributed by atoms with Crippen LogP contribution in [0.5, 0.6) is 0 Å². The molecule has 2 saturated heterocycles. The summed E-state index contributed by atoms with van der Waals surface area (Å²) in [6.07, 6.45) is 5.59. The highest BCUT2D eigenvalue weighted by atomic mass is 79.9. The van der Waals surface area contributed by atoms with Crippen molar-refractivity contribution in [2.24, 2.45) is 11.8 Å². The number of aliphatic hydroxyl groups excluding tert-OH is 1. The monoisotopic (exact) mass is 629 g/mol. The van der Waals surface area contributed by atoms with Gasteiger partial charge in [-0.05, 0) is 38.3 Å². The molecule has 0 unspecified atom stereocenters. The third kappa shape index (κ3) is 5.35. The van der Waals surface area contributed by atoms with Crippen LogP contribution in [0.4, 0.5) is 0 Å². The van der Waals surface area contributed by atoms with Gasteiger partial charge in [0.15, 0.2) is 0 Å². The number of cyclic esters (lactones) is 1. The Hall–Kier alpha value is -3.02. The predicted octanol–water partition coefficient (Wildman–Crippen LogP) is 2.23. The SMILES string of the molecule is CC(C)N1C/C=C\CCC(=O)OC[C@@H](c2ccccc2)NC(=O)[C@@H]2[C@H]3O[C@@]4(C=C3Br)[C@H](C1=O)N(CCCO)C(=O)[C@@H]24. The molecule has 0 aliphatic carbocycles. The molecule has 2 N–H and O–H groups in total. The number of hydrogen-bond acceptors (Lipinski definition) is 7. The molecule has 0 aromatic heterocycles. The number of likely N-dealkylation sites (tertiary alicyclic amines) is 1. The maximum atomic E-state index is 14.3. The van der Waals surface area contributed by atoms with Crippen LogP contribution < -0.4 is 5.32 Å². The molecule has 11 heteroatoms. The summed E-state index contributed by atoms with van der Waals surface area (Å²) in [4.78, 5) is 58.1. The Morgan fingerprint density at radius 3 is 2.59 bits per heavy atom. The van der Waals surface area contributed by atoms with Gasteiger partial charge in [0.05, 0.1) is 17.9 Å². The van der Waals surface area contributed by atoms with Gasteiger partial charge in [-0.2, -0.15) is 0 Å². The van der Waals surface area contributed by atoms with Crippen molar-refractivity contribution in [3.63, 3.8) is 0 Å². The minimum absolute atomic E-state index is 0.0673. The third-order valence-electron chi connectivity index (χ3n) is 8.34. The van der Waals surface area contributed by atoms with Crippen molar-refractivity contribution in [3.05, 3.63) is 58.6 Å². The van der Waals surface area contributed by atoms with Crippen molar-refractivity contribution in [2.75, 3.05) is 26.3 Å². The summed E-state index contributed by atoms with van der Waals surface area (Å²) in [7, 11) is 0. The molecule has 0 saturated carbocycles. The number of rotatable bonds is 5. The van der Waals surface area contributed by atoms with E-state index in [0.717, 1.165) is 5.56 Å². The number of fused-ring (bicyclic) bond motifs is 2. The van der Waals surface area contributed by atoms with Crippen LogP contribution in [0.3, 0.4) is 0 Å². The van der Waals surface area contributed by atoms with Crippen LogP contribution >= 0.6 is 15.9 Å². The fourth-order valence-electron chi connectivity index (χ4n) is 6.42. The van der Waals surface area contributed by atoms with Crippen molar-refractivity contribution in [1.29, 1.82) is 0 Å². The first kappa shape index (κ1) is 29.5. The summed E-state index contributed by atoms with van der Waals surface area (Å²) < 4.78 is 12.7. The van der Waals surface area contributed by atoms with Crippen LogP contribution in [-0.2, 0) is 28.7 Å². The average molecular weight is 631 g/mol. The standard InChI is InChI=1S/C30H36BrN3O7/c1-18(2)33-13-8-4-7-12-22(36)40-17-21(19-10-5-3-6-11-19)32-27(37)23-24-28(38)34(14-9-15-35)26(29(33)39)30(24)16-20(31)25(23)41-30/h3-6,8,10-11,16,18,21,23-26,35H,7,9,12-15,17H2,1-2H3,(H,32,37)/b8-4-/t21-,23-,24+,25-,26-,30+/m0/s1. The number of nitrogens with one attached hydrogen (secondary N) is 1. The van der Waals surface area contributed by atoms with Gasteiger partial charge in [-0.3, -0.25) is 19.2 Å². The fourth-order valence-corrected chi connectivity index (χ4v) is 7.15. The van der Waals surface area contributed by atoms with Gasteiger partial charge >= 0.3 is 5.97 Å². The second-order valence-electron chi connectivity index (χ2n) is 11.2. The highest BCUT2D eigenvalue weighted by molar-refractivity contribution is 9.11. The Balaban J connectivity index is 1.58. The smallest absolute Gasteiger partial charge is 0.306 e. The summed E-state index contributed by atoms with van der Waals surface area (Å²) in [5, 5.41) is 12.6. The molecule has 220 valence electrons. The summed E-state index contributed by atoms with van der Waals surface area (Å²) in [6, 6.07) is 7.37. The molecule has 4 aliphatic rings. The Morgan fingerprint density at radius 1 is 1.12 bits per heavy atom. The number of carbonyl (C=O) groups is 4. The average Bonchev–Trinajstić information content (AvgIpc) is 3.54. The minimum atomic E-state index is -1.34. The lowest BCUT2D eigenvalue weighted by Gasteiger charge is -2.37. The molecular formula is C30H36BrN3O7. The van der Waals surface area contributed by atoms with Crippen LogP contribution in [-0.4, -0.2) is 88.7 Å². The van der Waals surface area contributed by atoms with E-state index in [0.29, 0.717) is 10.9 Å². The maximum Gasteiger partial charge on any atom is 0.306 e. The third-order valence-corrected chi connectivity index (χ3v) is 9.02. The molecule has 41 heavy (non-hydrogen) atoms. The number of hydrogen-bond donors (Lipinski definition) is 2. The molecular weight excluding hydrogens is 594 g/mol. The number of esters is 1. The van der Waals surface area contributed by atoms with E-state index in [4.69, 9.17) is 9.47 Å². The first-order chi connectivity index (χ1) is 19.7. The van der Waals surface area contributed by atoms with Crippen LogP contribution in [0, 0.1) is 11.8 Å². The van der Waals surface area contributed by atoms with E-state index >= 15 is 0 Å². The highest BCUT2D eigenvalue weighted by Gasteiger charge is 2.74. The van der Waals surface area contributed by atoms with Gasteiger partial charge in [0.1, 0.15) is 24.4 Å². The zero-order chi connectivity index (χ0) is 29.3. The largest absolute Gasteiger partial charge is 0.463 e. The summed E-state index contributed by atoms with van der Waals surface area (Å²) >= 11 is 3.56. The van der Waals surface area contributed by atoms with Gasteiger partial charge in [0.2, 0.25) is 17.7 Å². The zero-order valence-corrected chi connectivity index (χ0v) is 24.8. The predicted molar refractivity (Wildman–Crippen MR) is 152 cm³/mol. The van der Waals surface area contributed by atoms with Gasteiger partial charge in [0, 0.05) is 36.6 Å². The number of aliphatic hydroxyl groups is 1. The van der Waals surface area contributed by atoms with Crippen LogP contribution in [0.25, 0.3) is 0 Å². The van der Waals surface area contributed by atoms with Crippen LogP contribution in [0.2, 0.25) is 0 Å². The topological polar surface area (TPSA) is 125 Å². The Bertz CT molecular complexity index is 1250. The lowest BCUT2D eigenvalue weighted by molar-refractivity contribution is -0.148. The number of halogens is 1. The summed E-state index contributed by atoms with van der Waals surface area (Å²) in [6.45, 7) is 4.01. The van der Waals surface area contributed by atoms with Gasteiger partial charge in [-0.15, -0.1) is 0 Å². The second-order valence-corrected chi connectivity index (χ2v) is 12.1. The van der Waals surface area contributed by atoms with E-state index in [1.165, 1.54) is 4.90 Å². The van der Waals surface area contributed by atoms with Crippen molar-refractivity contribution >= 4 is 39.6 Å². The maximum absolute atomic E-state index is 14.3. The first-order valence-electron chi connectivity index (χ1n) is 14.1. The number of amides is 3. The molecule has 0 radical (unpaired) electrons. The lowest BCUT2D eigenvalue weighted by Crippen LogP contribution is -2.57. The van der Waals surface area contributed by atoms with Crippen molar-refractivity contribution in [1.82, 2.24) is 15.1 Å². The lowest BCUT2D eigenvalue weighted by atomic mass is 9.74.